The summed E-state index contributed by atoms with van der Waals surface area (Å²) in [6, 6.07) is 5.14. The number of hydrogen-bond donors (Lipinski definition) is 3. The first-order chi connectivity index (χ1) is 8.22. The molecular formula is C12H15N3O2. The van der Waals surface area contributed by atoms with Crippen molar-refractivity contribution in [1.29, 1.82) is 0 Å². The minimum Gasteiger partial charge on any atom is -0.478 e. The van der Waals surface area contributed by atoms with E-state index in [1.54, 1.807) is 12.1 Å². The molecule has 0 unspecified atom stereocenters. The number of imidazole rings is 1. The molecule has 0 saturated carbocycles. The van der Waals surface area contributed by atoms with Gasteiger partial charge in [-0.2, -0.15) is 0 Å². The zero-order valence-corrected chi connectivity index (χ0v) is 9.66. The lowest BCUT2D eigenvalue weighted by atomic mass is 10.2. The molecule has 1 aromatic heterocycles. The molecule has 17 heavy (non-hydrogen) atoms. The van der Waals surface area contributed by atoms with Gasteiger partial charge in [0.05, 0.1) is 11.1 Å². The van der Waals surface area contributed by atoms with Crippen molar-refractivity contribution in [1.82, 2.24) is 15.3 Å². The number of fused-ring (bicyclic) bond motifs is 1. The summed E-state index contributed by atoms with van der Waals surface area (Å²) >= 11 is 0. The number of para-hydroxylation sites is 1. The van der Waals surface area contributed by atoms with Crippen molar-refractivity contribution in [3.63, 3.8) is 0 Å². The molecule has 0 bridgehead atoms. The number of hydrogen-bond acceptors (Lipinski definition) is 3. The zero-order valence-electron chi connectivity index (χ0n) is 9.66. The number of carbonyl (C=O) groups is 1. The van der Waals surface area contributed by atoms with Gasteiger partial charge in [-0.25, -0.2) is 9.78 Å². The molecule has 0 radical (unpaired) electrons. The van der Waals surface area contributed by atoms with E-state index in [0.717, 1.165) is 30.7 Å². The summed E-state index contributed by atoms with van der Waals surface area (Å²) in [7, 11) is 1.90. The number of aromatic amines is 1. The molecule has 2 aromatic rings. The molecular weight excluding hydrogens is 218 g/mol. The van der Waals surface area contributed by atoms with Gasteiger partial charge in [-0.15, -0.1) is 0 Å². The van der Waals surface area contributed by atoms with Crippen LogP contribution in [0.5, 0.6) is 0 Å². The molecule has 2 rings (SSSR count). The van der Waals surface area contributed by atoms with E-state index in [1.165, 1.54) is 0 Å². The Kier molecular flexibility index (Phi) is 3.39. The predicted molar refractivity (Wildman–Crippen MR) is 65.3 cm³/mol. The number of aromatic carboxylic acids is 1. The van der Waals surface area contributed by atoms with Crippen molar-refractivity contribution in [3.05, 3.63) is 29.6 Å². The van der Waals surface area contributed by atoms with Crippen molar-refractivity contribution < 1.29 is 9.90 Å². The molecule has 90 valence electrons. The van der Waals surface area contributed by atoms with Gasteiger partial charge in [0, 0.05) is 6.42 Å². The van der Waals surface area contributed by atoms with E-state index in [0.29, 0.717) is 5.52 Å². The maximum atomic E-state index is 11.0. The van der Waals surface area contributed by atoms with Gasteiger partial charge in [-0.1, -0.05) is 6.07 Å². The number of nitrogens with zero attached hydrogens (tertiary/aromatic N) is 1. The van der Waals surface area contributed by atoms with Gasteiger partial charge in [0.2, 0.25) is 0 Å². The van der Waals surface area contributed by atoms with Crippen LogP contribution in [0, 0.1) is 0 Å². The van der Waals surface area contributed by atoms with Crippen molar-refractivity contribution in [2.45, 2.75) is 12.8 Å². The van der Waals surface area contributed by atoms with Gasteiger partial charge in [0.1, 0.15) is 11.3 Å². The first-order valence-corrected chi connectivity index (χ1v) is 5.58. The molecule has 0 aliphatic carbocycles. The van der Waals surface area contributed by atoms with Crippen LogP contribution >= 0.6 is 0 Å². The lowest BCUT2D eigenvalue weighted by molar-refractivity contribution is 0.0699. The quantitative estimate of drug-likeness (QED) is 0.682. The second-order valence-electron chi connectivity index (χ2n) is 3.90. The molecule has 0 amide bonds. The Labute approximate surface area is 98.9 Å². The molecule has 3 N–H and O–H groups in total. The molecule has 0 aliphatic rings. The van der Waals surface area contributed by atoms with Crippen LogP contribution in [0.3, 0.4) is 0 Å². The lowest BCUT2D eigenvalue weighted by Gasteiger charge is -1.95. The maximum absolute atomic E-state index is 11.0. The zero-order chi connectivity index (χ0) is 12.3. The number of aromatic nitrogens is 2. The fourth-order valence-corrected chi connectivity index (χ4v) is 1.81. The Balaban J connectivity index is 2.30. The number of carboxylic acids is 1. The summed E-state index contributed by atoms with van der Waals surface area (Å²) < 4.78 is 0. The molecule has 0 saturated heterocycles. The normalized spacial score (nSPS) is 10.9. The Morgan fingerprint density at radius 2 is 2.35 bits per heavy atom. The number of H-pyrrole nitrogens is 1. The maximum Gasteiger partial charge on any atom is 0.337 e. The van der Waals surface area contributed by atoms with Gasteiger partial charge < -0.3 is 15.4 Å². The van der Waals surface area contributed by atoms with E-state index in [1.807, 2.05) is 13.1 Å². The fourth-order valence-electron chi connectivity index (χ4n) is 1.81. The van der Waals surface area contributed by atoms with Gasteiger partial charge >= 0.3 is 5.97 Å². The number of carboxylic acid groups (broad SMARTS) is 1. The highest BCUT2D eigenvalue weighted by Gasteiger charge is 2.11. The van der Waals surface area contributed by atoms with Crippen LogP contribution in [-0.2, 0) is 6.42 Å². The smallest absolute Gasteiger partial charge is 0.337 e. The molecule has 0 spiro atoms. The van der Waals surface area contributed by atoms with Gasteiger partial charge in [0.15, 0.2) is 0 Å². The highest BCUT2D eigenvalue weighted by Crippen LogP contribution is 2.17. The predicted octanol–water partition coefficient (Wildman–Crippen LogP) is 1.41. The van der Waals surface area contributed by atoms with Gasteiger partial charge in [0.25, 0.3) is 0 Å². The van der Waals surface area contributed by atoms with E-state index in [4.69, 9.17) is 5.11 Å². The summed E-state index contributed by atoms with van der Waals surface area (Å²) in [5.74, 6) is -0.104. The SMILES string of the molecule is CNCCCc1nc2c(C(=O)O)cccc2[nH]1. The third kappa shape index (κ3) is 2.45. The van der Waals surface area contributed by atoms with E-state index in [-0.39, 0.29) is 5.56 Å². The third-order valence-corrected chi connectivity index (χ3v) is 2.63. The van der Waals surface area contributed by atoms with Crippen LogP contribution in [0.15, 0.2) is 18.2 Å². The number of rotatable bonds is 5. The Morgan fingerprint density at radius 3 is 3.06 bits per heavy atom. The highest BCUT2D eigenvalue weighted by atomic mass is 16.4. The first-order valence-electron chi connectivity index (χ1n) is 5.58. The van der Waals surface area contributed by atoms with E-state index in [9.17, 15) is 4.79 Å². The van der Waals surface area contributed by atoms with Crippen molar-refractivity contribution in [3.8, 4) is 0 Å². The number of nitrogens with one attached hydrogen (secondary N) is 2. The highest BCUT2D eigenvalue weighted by molar-refractivity contribution is 6.00. The second-order valence-corrected chi connectivity index (χ2v) is 3.90. The summed E-state index contributed by atoms with van der Waals surface area (Å²) in [5, 5.41) is 12.1. The van der Waals surface area contributed by atoms with E-state index < -0.39 is 5.97 Å². The van der Waals surface area contributed by atoms with Crippen LogP contribution in [0.4, 0.5) is 0 Å². The number of benzene rings is 1. The molecule has 0 atom stereocenters. The molecule has 1 aromatic carbocycles. The average molecular weight is 233 g/mol. The third-order valence-electron chi connectivity index (χ3n) is 2.63. The largest absolute Gasteiger partial charge is 0.478 e. The standard InChI is InChI=1S/C12H15N3O2/c1-13-7-3-6-10-14-9-5-2-4-8(12(16)17)11(9)15-10/h2,4-5,13H,3,6-7H2,1H3,(H,14,15)(H,16,17). The lowest BCUT2D eigenvalue weighted by Crippen LogP contribution is -2.08. The minimum absolute atomic E-state index is 0.249. The molecule has 1 heterocycles. The van der Waals surface area contributed by atoms with Gasteiger partial charge in [-0.05, 0) is 32.1 Å². The van der Waals surface area contributed by atoms with Crippen LogP contribution in [0.2, 0.25) is 0 Å². The fraction of sp³-hybridized carbons (Fsp3) is 0.333. The van der Waals surface area contributed by atoms with E-state index >= 15 is 0 Å². The summed E-state index contributed by atoms with van der Waals surface area (Å²) in [4.78, 5) is 18.5. The monoisotopic (exact) mass is 233 g/mol. The van der Waals surface area contributed by atoms with Crippen LogP contribution in [-0.4, -0.2) is 34.6 Å². The van der Waals surface area contributed by atoms with Gasteiger partial charge in [-0.3, -0.25) is 0 Å². The minimum atomic E-state index is -0.941. The van der Waals surface area contributed by atoms with Crippen molar-refractivity contribution >= 4 is 17.0 Å². The summed E-state index contributed by atoms with van der Waals surface area (Å²) in [5.41, 5.74) is 1.57. The Hall–Kier alpha value is -1.88. The molecule has 5 heteroatoms. The number of aryl methyl sites for hydroxylation is 1. The Bertz CT molecular complexity index is 534. The van der Waals surface area contributed by atoms with Crippen LogP contribution in [0.25, 0.3) is 11.0 Å². The van der Waals surface area contributed by atoms with E-state index in [2.05, 4.69) is 15.3 Å². The topological polar surface area (TPSA) is 78.0 Å². The summed E-state index contributed by atoms with van der Waals surface area (Å²) in [6.45, 7) is 0.919. The van der Waals surface area contributed by atoms with Crippen molar-refractivity contribution in [2.75, 3.05) is 13.6 Å². The second kappa shape index (κ2) is 4.97. The van der Waals surface area contributed by atoms with Crippen LogP contribution in [0.1, 0.15) is 22.6 Å². The molecule has 0 aliphatic heterocycles. The average Bonchev–Trinajstić information content (AvgIpc) is 2.71. The first kappa shape index (κ1) is 11.6. The summed E-state index contributed by atoms with van der Waals surface area (Å²) in [6.07, 6.45) is 1.79. The molecule has 0 fully saturated rings. The van der Waals surface area contributed by atoms with Crippen molar-refractivity contribution in [2.24, 2.45) is 0 Å². The van der Waals surface area contributed by atoms with Crippen LogP contribution < -0.4 is 5.32 Å². The Morgan fingerprint density at radius 1 is 1.53 bits per heavy atom. The molecule has 5 nitrogen and oxygen atoms in total.